The molecule has 4 heteroatoms. The van der Waals surface area contributed by atoms with Crippen LogP contribution in [0.4, 0.5) is 4.39 Å². The van der Waals surface area contributed by atoms with Gasteiger partial charge in [-0.2, -0.15) is 5.48 Å². The summed E-state index contributed by atoms with van der Waals surface area (Å²) in [5.41, 5.74) is 3.85. The molecule has 1 aromatic carbocycles. The number of benzene rings is 1. The van der Waals surface area contributed by atoms with Gasteiger partial charge in [-0.25, -0.2) is 4.39 Å². The SMILES string of the molecule is CONCc1coc2c(F)cccc12. The minimum Gasteiger partial charge on any atom is -0.461 e. The summed E-state index contributed by atoms with van der Waals surface area (Å²) in [6, 6.07) is 4.84. The van der Waals surface area contributed by atoms with Crippen LogP contribution < -0.4 is 5.48 Å². The van der Waals surface area contributed by atoms with Crippen molar-refractivity contribution in [1.82, 2.24) is 5.48 Å². The topological polar surface area (TPSA) is 34.4 Å². The van der Waals surface area contributed by atoms with E-state index in [1.807, 2.05) is 6.07 Å². The van der Waals surface area contributed by atoms with Gasteiger partial charge >= 0.3 is 0 Å². The fraction of sp³-hybridized carbons (Fsp3) is 0.200. The molecule has 0 unspecified atom stereocenters. The van der Waals surface area contributed by atoms with Crippen molar-refractivity contribution in [3.8, 4) is 0 Å². The van der Waals surface area contributed by atoms with Gasteiger partial charge in [0.1, 0.15) is 0 Å². The molecule has 0 spiro atoms. The van der Waals surface area contributed by atoms with Gasteiger partial charge in [0.15, 0.2) is 11.4 Å². The van der Waals surface area contributed by atoms with Gasteiger partial charge in [-0.15, -0.1) is 0 Å². The van der Waals surface area contributed by atoms with Crippen molar-refractivity contribution >= 4 is 11.0 Å². The van der Waals surface area contributed by atoms with Crippen LogP contribution in [0.5, 0.6) is 0 Å². The van der Waals surface area contributed by atoms with Crippen LogP contribution in [0.1, 0.15) is 5.56 Å². The van der Waals surface area contributed by atoms with Crippen molar-refractivity contribution in [3.05, 3.63) is 35.8 Å². The van der Waals surface area contributed by atoms with E-state index in [9.17, 15) is 4.39 Å². The van der Waals surface area contributed by atoms with E-state index in [4.69, 9.17) is 9.25 Å². The zero-order valence-electron chi connectivity index (χ0n) is 7.71. The zero-order valence-corrected chi connectivity index (χ0v) is 7.71. The normalized spacial score (nSPS) is 11.0. The average Bonchev–Trinajstić information content (AvgIpc) is 2.60. The molecule has 1 N–H and O–H groups in total. The molecule has 3 nitrogen and oxygen atoms in total. The molecule has 0 saturated heterocycles. The number of hydrogen-bond donors (Lipinski definition) is 1. The molecule has 74 valence electrons. The van der Waals surface area contributed by atoms with Crippen LogP contribution in [0.15, 0.2) is 28.9 Å². The molecule has 0 atom stereocenters. The summed E-state index contributed by atoms with van der Waals surface area (Å²) < 4.78 is 18.3. The second kappa shape index (κ2) is 3.77. The standard InChI is InChI=1S/C10H10FNO2/c1-13-12-5-7-6-14-10-8(7)3-2-4-9(10)11/h2-4,6,12H,5H2,1H3. The minimum absolute atomic E-state index is 0.292. The first kappa shape index (κ1) is 9.18. The smallest absolute Gasteiger partial charge is 0.169 e. The molecule has 0 aliphatic rings. The van der Waals surface area contributed by atoms with Crippen LogP contribution in [0, 0.1) is 5.82 Å². The summed E-state index contributed by atoms with van der Waals surface area (Å²) in [6.07, 6.45) is 1.53. The fourth-order valence-electron chi connectivity index (χ4n) is 1.36. The van der Waals surface area contributed by atoms with Crippen LogP contribution in [0.2, 0.25) is 0 Å². The number of rotatable bonds is 3. The predicted octanol–water partition coefficient (Wildman–Crippen LogP) is 2.22. The highest BCUT2D eigenvalue weighted by Crippen LogP contribution is 2.23. The van der Waals surface area contributed by atoms with E-state index in [2.05, 4.69) is 5.48 Å². The van der Waals surface area contributed by atoms with Crippen LogP contribution in [-0.2, 0) is 11.4 Å². The molecule has 0 aliphatic carbocycles. The Labute approximate surface area is 80.4 Å². The molecule has 14 heavy (non-hydrogen) atoms. The van der Waals surface area contributed by atoms with Gasteiger partial charge in [0.05, 0.1) is 13.4 Å². The number of para-hydroxylation sites is 1. The quantitative estimate of drug-likeness (QED) is 0.762. The molecule has 1 heterocycles. The third-order valence-corrected chi connectivity index (χ3v) is 2.04. The number of fused-ring (bicyclic) bond motifs is 1. The number of nitrogens with one attached hydrogen (secondary N) is 1. The van der Waals surface area contributed by atoms with Gasteiger partial charge in [-0.1, -0.05) is 12.1 Å². The molecular formula is C10H10FNO2. The highest BCUT2D eigenvalue weighted by atomic mass is 19.1. The molecule has 2 aromatic rings. The number of furan rings is 1. The number of halogens is 1. The molecule has 0 aliphatic heterocycles. The maximum atomic E-state index is 13.2. The van der Waals surface area contributed by atoms with Crippen molar-refractivity contribution in [2.24, 2.45) is 0 Å². The Morgan fingerprint density at radius 3 is 3.14 bits per heavy atom. The van der Waals surface area contributed by atoms with E-state index >= 15 is 0 Å². The van der Waals surface area contributed by atoms with Crippen molar-refractivity contribution < 1.29 is 13.6 Å². The first-order chi connectivity index (χ1) is 6.83. The predicted molar refractivity (Wildman–Crippen MR) is 50.0 cm³/mol. The lowest BCUT2D eigenvalue weighted by atomic mass is 10.2. The second-order valence-electron chi connectivity index (χ2n) is 2.90. The van der Waals surface area contributed by atoms with Crippen LogP contribution in [0.25, 0.3) is 11.0 Å². The van der Waals surface area contributed by atoms with Gasteiger partial charge in [-0.05, 0) is 6.07 Å². The maximum Gasteiger partial charge on any atom is 0.169 e. The van der Waals surface area contributed by atoms with E-state index in [0.717, 1.165) is 10.9 Å². The molecule has 2 rings (SSSR count). The summed E-state index contributed by atoms with van der Waals surface area (Å²) in [6.45, 7) is 0.493. The lowest BCUT2D eigenvalue weighted by Crippen LogP contribution is -2.10. The summed E-state index contributed by atoms with van der Waals surface area (Å²) in [7, 11) is 1.53. The van der Waals surface area contributed by atoms with Crippen molar-refractivity contribution in [3.63, 3.8) is 0 Å². The highest BCUT2D eigenvalue weighted by Gasteiger charge is 2.08. The van der Waals surface area contributed by atoms with Gasteiger partial charge < -0.3 is 9.25 Å². The fourth-order valence-corrected chi connectivity index (χ4v) is 1.36. The Morgan fingerprint density at radius 1 is 1.50 bits per heavy atom. The molecule has 0 bridgehead atoms. The monoisotopic (exact) mass is 195 g/mol. The van der Waals surface area contributed by atoms with Gasteiger partial charge in [0.25, 0.3) is 0 Å². The molecule has 1 aromatic heterocycles. The molecule has 0 radical (unpaired) electrons. The minimum atomic E-state index is -0.342. The third-order valence-electron chi connectivity index (χ3n) is 2.04. The largest absolute Gasteiger partial charge is 0.461 e. The summed E-state index contributed by atoms with van der Waals surface area (Å²) >= 11 is 0. The lowest BCUT2D eigenvalue weighted by molar-refractivity contribution is 0.0868. The van der Waals surface area contributed by atoms with Crippen molar-refractivity contribution in [1.29, 1.82) is 0 Å². The van der Waals surface area contributed by atoms with Crippen LogP contribution in [-0.4, -0.2) is 7.11 Å². The van der Waals surface area contributed by atoms with E-state index in [0.29, 0.717) is 12.1 Å². The molecule has 0 saturated carbocycles. The number of hydrogen-bond acceptors (Lipinski definition) is 3. The molecule has 0 amide bonds. The highest BCUT2D eigenvalue weighted by molar-refractivity contribution is 5.81. The van der Waals surface area contributed by atoms with Gasteiger partial charge in [0, 0.05) is 17.5 Å². The molecule has 0 fully saturated rings. The lowest BCUT2D eigenvalue weighted by Gasteiger charge is -1.98. The molecular weight excluding hydrogens is 185 g/mol. The van der Waals surface area contributed by atoms with Gasteiger partial charge in [-0.3, -0.25) is 0 Å². The third kappa shape index (κ3) is 1.49. The first-order valence-corrected chi connectivity index (χ1v) is 4.23. The van der Waals surface area contributed by atoms with Crippen LogP contribution in [0.3, 0.4) is 0 Å². The summed E-state index contributed by atoms with van der Waals surface area (Å²) in [4.78, 5) is 4.71. The Morgan fingerprint density at radius 2 is 2.36 bits per heavy atom. The Balaban J connectivity index is 2.42. The number of hydroxylamine groups is 1. The first-order valence-electron chi connectivity index (χ1n) is 4.23. The van der Waals surface area contributed by atoms with E-state index in [1.165, 1.54) is 19.4 Å². The van der Waals surface area contributed by atoms with Crippen molar-refractivity contribution in [2.75, 3.05) is 7.11 Å². The maximum absolute atomic E-state index is 13.2. The van der Waals surface area contributed by atoms with E-state index in [1.54, 1.807) is 6.07 Å². The Bertz CT molecular complexity index is 439. The summed E-state index contributed by atoms with van der Waals surface area (Å²) in [5, 5.41) is 0.773. The average molecular weight is 195 g/mol. The van der Waals surface area contributed by atoms with Gasteiger partial charge in [0.2, 0.25) is 0 Å². The van der Waals surface area contributed by atoms with Crippen LogP contribution >= 0.6 is 0 Å². The zero-order chi connectivity index (χ0) is 9.97. The Kier molecular flexibility index (Phi) is 2.47. The van der Waals surface area contributed by atoms with Crippen molar-refractivity contribution in [2.45, 2.75) is 6.54 Å². The second-order valence-corrected chi connectivity index (χ2v) is 2.90. The Hall–Kier alpha value is -1.39. The van der Waals surface area contributed by atoms with E-state index < -0.39 is 0 Å². The summed E-state index contributed by atoms with van der Waals surface area (Å²) in [5.74, 6) is -0.342. The van der Waals surface area contributed by atoms with E-state index in [-0.39, 0.29) is 5.82 Å².